The highest BCUT2D eigenvalue weighted by Gasteiger charge is 2.29. The molecular weight excluding hydrogens is 364 g/mol. The van der Waals surface area contributed by atoms with Crippen molar-refractivity contribution in [3.8, 4) is 0 Å². The van der Waals surface area contributed by atoms with Gasteiger partial charge in [0, 0.05) is 23.7 Å². The van der Waals surface area contributed by atoms with Gasteiger partial charge in [-0.2, -0.15) is 0 Å². The molecule has 1 fully saturated rings. The Labute approximate surface area is 158 Å². The van der Waals surface area contributed by atoms with Crippen LogP contribution in [0.25, 0.3) is 0 Å². The molecule has 2 amide bonds. The summed E-state index contributed by atoms with van der Waals surface area (Å²) >= 11 is 0. The summed E-state index contributed by atoms with van der Waals surface area (Å²) in [7, 11) is -3.06. The molecule has 1 heterocycles. The third kappa shape index (κ3) is 5.40. The Hall–Kier alpha value is -2.67. The van der Waals surface area contributed by atoms with E-state index >= 15 is 0 Å². The number of carbonyl (C=O) groups excluding carboxylic acids is 2. The van der Waals surface area contributed by atoms with Gasteiger partial charge in [-0.15, -0.1) is 0 Å². The van der Waals surface area contributed by atoms with E-state index in [1.165, 1.54) is 6.07 Å². The van der Waals surface area contributed by atoms with Crippen LogP contribution in [-0.2, 0) is 16.3 Å². The first-order chi connectivity index (χ1) is 12.9. The van der Waals surface area contributed by atoms with Gasteiger partial charge in [-0.05, 0) is 36.6 Å². The maximum Gasteiger partial charge on any atom is 0.251 e. The minimum absolute atomic E-state index is 0.0294. The number of hydrogen-bond donors (Lipinski definition) is 2. The summed E-state index contributed by atoms with van der Waals surface area (Å²) in [6.45, 7) is 0.499. The Balaban J connectivity index is 1.56. The third-order valence-electron chi connectivity index (χ3n) is 4.50. The van der Waals surface area contributed by atoms with E-state index in [2.05, 4.69) is 10.6 Å². The zero-order valence-corrected chi connectivity index (χ0v) is 15.7. The van der Waals surface area contributed by atoms with Gasteiger partial charge in [0.15, 0.2) is 9.84 Å². The van der Waals surface area contributed by atoms with E-state index in [0.717, 1.165) is 12.0 Å². The fraction of sp³-hybridized carbons (Fsp3) is 0.300. The van der Waals surface area contributed by atoms with Gasteiger partial charge in [-0.25, -0.2) is 8.42 Å². The number of benzene rings is 2. The highest BCUT2D eigenvalue weighted by Crippen LogP contribution is 2.13. The van der Waals surface area contributed by atoms with Gasteiger partial charge < -0.3 is 10.6 Å². The van der Waals surface area contributed by atoms with Crippen molar-refractivity contribution in [3.05, 3.63) is 71.3 Å². The average molecular weight is 386 g/mol. The molecule has 2 N–H and O–H groups in total. The summed E-state index contributed by atoms with van der Waals surface area (Å²) in [5, 5.41) is 5.58. The van der Waals surface area contributed by atoms with E-state index in [1.807, 2.05) is 30.3 Å². The lowest BCUT2D eigenvalue weighted by Crippen LogP contribution is -2.35. The molecule has 0 spiro atoms. The van der Waals surface area contributed by atoms with Crippen LogP contribution in [0.4, 0.5) is 0 Å². The topological polar surface area (TPSA) is 92.3 Å². The smallest absolute Gasteiger partial charge is 0.251 e. The lowest BCUT2D eigenvalue weighted by Gasteiger charge is -2.11. The van der Waals surface area contributed by atoms with Crippen molar-refractivity contribution in [2.75, 3.05) is 18.1 Å². The summed E-state index contributed by atoms with van der Waals surface area (Å²) in [6.07, 6.45) is 1.15. The fourth-order valence-corrected chi connectivity index (χ4v) is 4.72. The average Bonchev–Trinajstić information content (AvgIpc) is 3.01. The van der Waals surface area contributed by atoms with Crippen LogP contribution in [0, 0.1) is 0 Å². The Morgan fingerprint density at radius 3 is 2.33 bits per heavy atom. The van der Waals surface area contributed by atoms with Gasteiger partial charge in [0.05, 0.1) is 11.5 Å². The Bertz CT molecular complexity index is 926. The Morgan fingerprint density at radius 2 is 1.67 bits per heavy atom. The molecule has 2 aromatic carbocycles. The van der Waals surface area contributed by atoms with E-state index in [9.17, 15) is 18.0 Å². The normalized spacial score (nSPS) is 18.0. The highest BCUT2D eigenvalue weighted by molar-refractivity contribution is 7.91. The van der Waals surface area contributed by atoms with Crippen molar-refractivity contribution in [3.63, 3.8) is 0 Å². The number of nitrogens with one attached hydrogen (secondary N) is 2. The molecule has 6 nitrogen and oxygen atoms in total. The monoisotopic (exact) mass is 386 g/mol. The molecular formula is C20H22N2O4S. The first-order valence-corrected chi connectivity index (χ1v) is 10.7. The van der Waals surface area contributed by atoms with Crippen LogP contribution < -0.4 is 10.6 Å². The largest absolute Gasteiger partial charge is 0.352 e. The molecule has 0 bridgehead atoms. The van der Waals surface area contributed by atoms with Gasteiger partial charge in [0.1, 0.15) is 0 Å². The van der Waals surface area contributed by atoms with Crippen LogP contribution in [0.3, 0.4) is 0 Å². The van der Waals surface area contributed by atoms with Gasteiger partial charge in [0.2, 0.25) is 0 Å². The molecule has 27 heavy (non-hydrogen) atoms. The van der Waals surface area contributed by atoms with Crippen molar-refractivity contribution in [1.82, 2.24) is 10.6 Å². The van der Waals surface area contributed by atoms with Crippen LogP contribution in [0.15, 0.2) is 54.6 Å². The molecule has 1 aliphatic rings. The molecule has 1 unspecified atom stereocenters. The molecule has 3 rings (SSSR count). The van der Waals surface area contributed by atoms with E-state index in [-0.39, 0.29) is 29.4 Å². The maximum atomic E-state index is 12.3. The van der Waals surface area contributed by atoms with Crippen molar-refractivity contribution >= 4 is 21.7 Å². The zero-order valence-electron chi connectivity index (χ0n) is 14.9. The lowest BCUT2D eigenvalue weighted by molar-refractivity contribution is 0.0941. The van der Waals surface area contributed by atoms with E-state index in [0.29, 0.717) is 24.1 Å². The molecule has 142 valence electrons. The molecule has 0 saturated carbocycles. The summed E-state index contributed by atoms with van der Waals surface area (Å²) in [6, 6.07) is 15.9. The zero-order chi connectivity index (χ0) is 19.3. The van der Waals surface area contributed by atoms with Crippen LogP contribution >= 0.6 is 0 Å². The molecule has 0 aliphatic carbocycles. The summed E-state index contributed by atoms with van der Waals surface area (Å²) < 4.78 is 23.0. The molecule has 2 aromatic rings. The van der Waals surface area contributed by atoms with Crippen LogP contribution in [0.5, 0.6) is 0 Å². The van der Waals surface area contributed by atoms with E-state index < -0.39 is 9.84 Å². The second-order valence-corrected chi connectivity index (χ2v) is 8.87. The van der Waals surface area contributed by atoms with E-state index in [1.54, 1.807) is 18.2 Å². The predicted molar refractivity (Wildman–Crippen MR) is 103 cm³/mol. The van der Waals surface area contributed by atoms with Crippen molar-refractivity contribution in [2.24, 2.45) is 0 Å². The van der Waals surface area contributed by atoms with Crippen molar-refractivity contribution < 1.29 is 18.0 Å². The first kappa shape index (κ1) is 19.1. The molecule has 0 radical (unpaired) electrons. The number of sulfone groups is 1. The molecule has 1 atom stereocenters. The summed E-state index contributed by atoms with van der Waals surface area (Å²) in [5.74, 6) is -0.541. The van der Waals surface area contributed by atoms with Crippen molar-refractivity contribution in [2.45, 2.75) is 18.9 Å². The number of rotatable bonds is 6. The molecule has 1 saturated heterocycles. The van der Waals surface area contributed by atoms with Gasteiger partial charge in [-0.1, -0.05) is 36.4 Å². The predicted octanol–water partition coefficient (Wildman–Crippen LogP) is 1.58. The molecule has 1 aliphatic heterocycles. The fourth-order valence-electron chi connectivity index (χ4n) is 3.05. The van der Waals surface area contributed by atoms with E-state index in [4.69, 9.17) is 0 Å². The molecule has 0 aromatic heterocycles. The number of amides is 2. The quantitative estimate of drug-likeness (QED) is 0.788. The van der Waals surface area contributed by atoms with Gasteiger partial charge in [0.25, 0.3) is 11.8 Å². The number of carbonyl (C=O) groups is 2. The highest BCUT2D eigenvalue weighted by atomic mass is 32.2. The van der Waals surface area contributed by atoms with Gasteiger partial charge in [-0.3, -0.25) is 9.59 Å². The number of hydrogen-bond acceptors (Lipinski definition) is 4. The minimum Gasteiger partial charge on any atom is -0.352 e. The Kier molecular flexibility index (Phi) is 5.91. The standard InChI is InChI=1S/C20H22N2O4S/c23-19(21-11-9-15-5-2-1-3-6-15)16-7-4-8-17(13-16)20(24)22-18-10-12-27(25,26)14-18/h1-8,13,18H,9-12,14H2,(H,21,23)(H,22,24). The second kappa shape index (κ2) is 8.35. The maximum absolute atomic E-state index is 12.3. The van der Waals surface area contributed by atoms with Gasteiger partial charge >= 0.3 is 0 Å². The summed E-state index contributed by atoms with van der Waals surface area (Å²) in [4.78, 5) is 24.7. The Morgan fingerprint density at radius 1 is 0.963 bits per heavy atom. The van der Waals surface area contributed by atoms with Crippen LogP contribution in [0.2, 0.25) is 0 Å². The lowest BCUT2D eigenvalue weighted by atomic mass is 10.1. The summed E-state index contributed by atoms with van der Waals surface area (Å²) in [5.41, 5.74) is 1.88. The first-order valence-electron chi connectivity index (χ1n) is 8.86. The second-order valence-electron chi connectivity index (χ2n) is 6.65. The van der Waals surface area contributed by atoms with Crippen LogP contribution in [-0.4, -0.2) is 44.3 Å². The third-order valence-corrected chi connectivity index (χ3v) is 6.26. The van der Waals surface area contributed by atoms with Crippen LogP contribution in [0.1, 0.15) is 32.7 Å². The van der Waals surface area contributed by atoms with Crippen molar-refractivity contribution in [1.29, 1.82) is 0 Å². The SMILES string of the molecule is O=C(NCCc1ccccc1)c1cccc(C(=O)NC2CCS(=O)(=O)C2)c1. The molecule has 7 heteroatoms. The minimum atomic E-state index is -3.06.